The summed E-state index contributed by atoms with van der Waals surface area (Å²) in [6.45, 7) is 2.09. The molecule has 0 heterocycles. The normalized spacial score (nSPS) is 24.1. The number of benzene rings is 1. The molecule has 0 aliphatic heterocycles. The zero-order valence-corrected chi connectivity index (χ0v) is 11.3. The van der Waals surface area contributed by atoms with Crippen molar-refractivity contribution in [1.82, 2.24) is 5.43 Å². The maximum atomic E-state index is 13.5. The Morgan fingerprint density at radius 1 is 1.37 bits per heavy atom. The van der Waals surface area contributed by atoms with Gasteiger partial charge < -0.3 is 0 Å². The Labute approximate surface area is 113 Å². The van der Waals surface area contributed by atoms with Gasteiger partial charge in [0.15, 0.2) is 0 Å². The van der Waals surface area contributed by atoms with Gasteiger partial charge in [-0.3, -0.25) is 11.3 Å². The molecule has 0 bridgehead atoms. The van der Waals surface area contributed by atoms with E-state index < -0.39 is 5.92 Å². The number of hydrazine groups is 1. The third-order valence-electron chi connectivity index (χ3n) is 4.08. The standard InChI is InChI=1S/C15H22F2N2/c1-2-11-5-7-12(8-6-11)14(19-18)13-4-3-9-15(16,17)10-13/h5-8,13-14,19H,2-4,9-10,18H2,1H3. The molecule has 3 N–H and O–H groups in total. The van der Waals surface area contributed by atoms with Crippen molar-refractivity contribution in [2.75, 3.05) is 0 Å². The molecule has 0 aromatic heterocycles. The Bertz CT molecular complexity index is 403. The molecule has 0 radical (unpaired) electrons. The molecular formula is C15H22F2N2. The summed E-state index contributed by atoms with van der Waals surface area (Å²) in [5, 5.41) is 0. The van der Waals surface area contributed by atoms with Gasteiger partial charge in [-0.2, -0.15) is 0 Å². The van der Waals surface area contributed by atoms with E-state index >= 15 is 0 Å². The topological polar surface area (TPSA) is 38.0 Å². The number of nitrogens with two attached hydrogens (primary N) is 1. The fourth-order valence-electron chi connectivity index (χ4n) is 2.96. The molecule has 19 heavy (non-hydrogen) atoms. The zero-order valence-electron chi connectivity index (χ0n) is 11.3. The molecule has 1 aliphatic carbocycles. The van der Waals surface area contributed by atoms with Gasteiger partial charge in [0, 0.05) is 18.9 Å². The summed E-state index contributed by atoms with van der Waals surface area (Å²) in [6, 6.07) is 7.89. The summed E-state index contributed by atoms with van der Waals surface area (Å²) >= 11 is 0. The van der Waals surface area contributed by atoms with Crippen molar-refractivity contribution >= 4 is 0 Å². The van der Waals surface area contributed by atoms with E-state index in [1.54, 1.807) is 0 Å². The lowest BCUT2D eigenvalue weighted by Gasteiger charge is -2.34. The maximum Gasteiger partial charge on any atom is 0.248 e. The number of hydrogen-bond donors (Lipinski definition) is 2. The van der Waals surface area contributed by atoms with Crippen LogP contribution in [0, 0.1) is 5.92 Å². The summed E-state index contributed by atoms with van der Waals surface area (Å²) in [6.07, 6.45) is 2.29. The van der Waals surface area contributed by atoms with E-state index in [1.165, 1.54) is 5.56 Å². The van der Waals surface area contributed by atoms with Gasteiger partial charge in [0.1, 0.15) is 0 Å². The minimum atomic E-state index is -2.54. The van der Waals surface area contributed by atoms with Gasteiger partial charge in [-0.05, 0) is 36.3 Å². The molecule has 1 fully saturated rings. The molecule has 106 valence electrons. The van der Waals surface area contributed by atoms with Crippen LogP contribution in [0.4, 0.5) is 8.78 Å². The first-order valence-corrected chi connectivity index (χ1v) is 6.98. The lowest BCUT2D eigenvalue weighted by molar-refractivity contribution is -0.0584. The Balaban J connectivity index is 2.14. The van der Waals surface area contributed by atoms with Crippen molar-refractivity contribution in [3.05, 3.63) is 35.4 Å². The molecule has 2 rings (SSSR count). The zero-order chi connectivity index (χ0) is 13.9. The van der Waals surface area contributed by atoms with Crippen molar-refractivity contribution < 1.29 is 8.78 Å². The third-order valence-corrected chi connectivity index (χ3v) is 4.08. The van der Waals surface area contributed by atoms with E-state index in [1.807, 2.05) is 24.3 Å². The summed E-state index contributed by atoms with van der Waals surface area (Å²) in [5.41, 5.74) is 4.98. The number of hydrogen-bond acceptors (Lipinski definition) is 2. The molecule has 1 aliphatic rings. The highest BCUT2D eigenvalue weighted by Gasteiger charge is 2.39. The van der Waals surface area contributed by atoms with Crippen LogP contribution >= 0.6 is 0 Å². The van der Waals surface area contributed by atoms with E-state index in [0.29, 0.717) is 6.42 Å². The quantitative estimate of drug-likeness (QED) is 0.647. The molecule has 1 saturated carbocycles. The second-order valence-corrected chi connectivity index (χ2v) is 5.45. The Kier molecular flexibility index (Phi) is 4.53. The monoisotopic (exact) mass is 268 g/mol. The fourth-order valence-corrected chi connectivity index (χ4v) is 2.96. The van der Waals surface area contributed by atoms with Crippen LogP contribution in [0.1, 0.15) is 49.8 Å². The highest BCUT2D eigenvalue weighted by atomic mass is 19.3. The molecule has 1 aromatic rings. The minimum absolute atomic E-state index is 0.00949. The summed E-state index contributed by atoms with van der Waals surface area (Å²) in [5.74, 6) is 2.96. The lowest BCUT2D eigenvalue weighted by Crippen LogP contribution is -2.38. The molecule has 0 spiro atoms. The highest BCUT2D eigenvalue weighted by Crippen LogP contribution is 2.41. The fraction of sp³-hybridized carbons (Fsp3) is 0.600. The smallest absolute Gasteiger partial charge is 0.248 e. The average Bonchev–Trinajstić information content (AvgIpc) is 2.39. The number of aryl methyl sites for hydroxylation is 1. The van der Waals surface area contributed by atoms with Crippen LogP contribution < -0.4 is 11.3 Å². The molecule has 1 aromatic carbocycles. The number of alkyl halides is 2. The first-order chi connectivity index (χ1) is 9.05. The van der Waals surface area contributed by atoms with Crippen LogP contribution in [0.25, 0.3) is 0 Å². The first-order valence-electron chi connectivity index (χ1n) is 6.98. The second-order valence-electron chi connectivity index (χ2n) is 5.45. The minimum Gasteiger partial charge on any atom is -0.271 e. The molecule has 0 saturated heterocycles. The van der Waals surface area contributed by atoms with Gasteiger partial charge >= 0.3 is 0 Å². The van der Waals surface area contributed by atoms with Crippen LogP contribution in [0.15, 0.2) is 24.3 Å². The number of halogens is 2. The molecule has 2 unspecified atom stereocenters. The molecule has 4 heteroatoms. The molecule has 2 nitrogen and oxygen atoms in total. The molecule has 2 atom stereocenters. The number of nitrogens with one attached hydrogen (secondary N) is 1. The van der Waals surface area contributed by atoms with Crippen molar-refractivity contribution in [3.8, 4) is 0 Å². The Hall–Kier alpha value is -1.00. The highest BCUT2D eigenvalue weighted by molar-refractivity contribution is 5.25. The lowest BCUT2D eigenvalue weighted by atomic mass is 9.79. The van der Waals surface area contributed by atoms with E-state index in [0.717, 1.165) is 18.4 Å². The van der Waals surface area contributed by atoms with Crippen LogP contribution in [0.5, 0.6) is 0 Å². The summed E-state index contributed by atoms with van der Waals surface area (Å²) in [7, 11) is 0. The van der Waals surface area contributed by atoms with Crippen LogP contribution in [0.2, 0.25) is 0 Å². The predicted octanol–water partition coefficient (Wildman–Crippen LogP) is 3.58. The third kappa shape index (κ3) is 3.51. The summed E-state index contributed by atoms with van der Waals surface area (Å²) in [4.78, 5) is 0. The Morgan fingerprint density at radius 2 is 2.05 bits per heavy atom. The van der Waals surface area contributed by atoms with Crippen molar-refractivity contribution in [2.45, 2.75) is 51.0 Å². The average molecular weight is 268 g/mol. The Morgan fingerprint density at radius 3 is 2.58 bits per heavy atom. The largest absolute Gasteiger partial charge is 0.271 e. The van der Waals surface area contributed by atoms with Crippen LogP contribution in [-0.4, -0.2) is 5.92 Å². The summed E-state index contributed by atoms with van der Waals surface area (Å²) < 4.78 is 27.0. The van der Waals surface area contributed by atoms with E-state index in [4.69, 9.17) is 5.84 Å². The predicted molar refractivity (Wildman–Crippen MR) is 72.8 cm³/mol. The van der Waals surface area contributed by atoms with Gasteiger partial charge in [-0.15, -0.1) is 0 Å². The SMILES string of the molecule is CCc1ccc(C(NN)C2CCCC(F)(F)C2)cc1. The second kappa shape index (κ2) is 5.97. The molecule has 0 amide bonds. The van der Waals surface area contributed by atoms with Crippen molar-refractivity contribution in [2.24, 2.45) is 11.8 Å². The van der Waals surface area contributed by atoms with Crippen LogP contribution in [0.3, 0.4) is 0 Å². The maximum absolute atomic E-state index is 13.5. The van der Waals surface area contributed by atoms with Gasteiger partial charge in [0.2, 0.25) is 5.92 Å². The van der Waals surface area contributed by atoms with Crippen molar-refractivity contribution in [1.29, 1.82) is 0 Å². The van der Waals surface area contributed by atoms with E-state index in [-0.39, 0.29) is 24.8 Å². The van der Waals surface area contributed by atoms with Gasteiger partial charge in [0.05, 0.1) is 0 Å². The van der Waals surface area contributed by atoms with E-state index in [9.17, 15) is 8.78 Å². The number of rotatable bonds is 4. The van der Waals surface area contributed by atoms with Gasteiger partial charge in [-0.1, -0.05) is 31.2 Å². The van der Waals surface area contributed by atoms with Gasteiger partial charge in [-0.25, -0.2) is 8.78 Å². The van der Waals surface area contributed by atoms with Crippen molar-refractivity contribution in [3.63, 3.8) is 0 Å². The van der Waals surface area contributed by atoms with Gasteiger partial charge in [0.25, 0.3) is 0 Å². The molecular weight excluding hydrogens is 246 g/mol. The first kappa shape index (κ1) is 14.4. The van der Waals surface area contributed by atoms with Crippen LogP contribution in [-0.2, 0) is 6.42 Å². The van der Waals surface area contributed by atoms with E-state index in [2.05, 4.69) is 12.3 Å².